The van der Waals surface area contributed by atoms with E-state index in [9.17, 15) is 4.79 Å². The van der Waals surface area contributed by atoms with Crippen LogP contribution in [0.5, 0.6) is 5.88 Å². The van der Waals surface area contributed by atoms with Crippen LogP contribution in [0.25, 0.3) is 0 Å². The molecule has 0 aliphatic carbocycles. The summed E-state index contributed by atoms with van der Waals surface area (Å²) in [4.78, 5) is 19.2. The van der Waals surface area contributed by atoms with Gasteiger partial charge in [0.1, 0.15) is 11.8 Å². The van der Waals surface area contributed by atoms with Crippen LogP contribution >= 0.6 is 0 Å². The predicted molar refractivity (Wildman–Crippen MR) is 91.2 cm³/mol. The fourth-order valence-electron chi connectivity index (χ4n) is 3.53. The molecule has 25 heavy (non-hydrogen) atoms. The first kappa shape index (κ1) is 17.0. The molecule has 2 aromatic rings. The minimum atomic E-state index is -0.125. The minimum absolute atomic E-state index is 0.0751. The molecule has 130 valence electrons. The Balaban J connectivity index is 1.96. The third-order valence-electron chi connectivity index (χ3n) is 4.68. The summed E-state index contributed by atoms with van der Waals surface area (Å²) < 4.78 is 7.21. The minimum Gasteiger partial charge on any atom is -0.481 e. The number of ether oxygens (including phenoxy) is 1. The fraction of sp³-hybridized carbons (Fsp3) is 0.444. The molecule has 7 heteroatoms. The predicted octanol–water partition coefficient (Wildman–Crippen LogP) is 2.29. The Hall–Kier alpha value is -2.88. The van der Waals surface area contributed by atoms with Crippen molar-refractivity contribution in [3.8, 4) is 11.9 Å². The highest BCUT2D eigenvalue weighted by Crippen LogP contribution is 2.39. The summed E-state index contributed by atoms with van der Waals surface area (Å²) in [5.41, 5.74) is 3.25. The second kappa shape index (κ2) is 6.55. The van der Waals surface area contributed by atoms with Gasteiger partial charge in [-0.05, 0) is 38.8 Å². The summed E-state index contributed by atoms with van der Waals surface area (Å²) in [6.07, 6.45) is 1.78. The zero-order chi connectivity index (χ0) is 18.1. The lowest BCUT2D eigenvalue weighted by Crippen LogP contribution is -2.31. The molecule has 0 radical (unpaired) electrons. The molecule has 1 aliphatic heterocycles. The van der Waals surface area contributed by atoms with E-state index in [0.717, 1.165) is 24.1 Å². The molecule has 1 amide bonds. The summed E-state index contributed by atoms with van der Waals surface area (Å²) >= 11 is 0. The number of nitriles is 1. The molecule has 0 unspecified atom stereocenters. The van der Waals surface area contributed by atoms with Crippen molar-refractivity contribution in [2.75, 3.05) is 13.7 Å². The largest absolute Gasteiger partial charge is 0.481 e. The van der Waals surface area contributed by atoms with Crippen LogP contribution in [-0.2, 0) is 7.05 Å². The number of likely N-dealkylation sites (tertiary alicyclic amines) is 1. The average Bonchev–Trinajstić information content (AvgIpc) is 3.17. The van der Waals surface area contributed by atoms with E-state index in [1.807, 2.05) is 18.9 Å². The Labute approximate surface area is 146 Å². The molecule has 0 saturated carbocycles. The molecule has 7 nitrogen and oxygen atoms in total. The third kappa shape index (κ3) is 2.84. The molecule has 1 fully saturated rings. The molecule has 3 heterocycles. The topological polar surface area (TPSA) is 84.0 Å². The van der Waals surface area contributed by atoms with Gasteiger partial charge in [-0.2, -0.15) is 10.4 Å². The maximum absolute atomic E-state index is 13.0. The number of hydrogen-bond donors (Lipinski definition) is 0. The first-order valence-corrected chi connectivity index (χ1v) is 8.24. The zero-order valence-electron chi connectivity index (χ0n) is 14.9. The van der Waals surface area contributed by atoms with Crippen molar-refractivity contribution in [2.24, 2.45) is 7.05 Å². The van der Waals surface area contributed by atoms with Gasteiger partial charge in [-0.1, -0.05) is 0 Å². The van der Waals surface area contributed by atoms with Gasteiger partial charge in [0.2, 0.25) is 5.88 Å². The number of carbonyl (C=O) groups excluding carboxylic acids is 1. The van der Waals surface area contributed by atoms with Gasteiger partial charge in [-0.3, -0.25) is 4.79 Å². The van der Waals surface area contributed by atoms with Crippen molar-refractivity contribution < 1.29 is 9.53 Å². The van der Waals surface area contributed by atoms with E-state index in [1.54, 1.807) is 30.8 Å². The molecule has 2 aromatic heterocycles. The van der Waals surface area contributed by atoms with Gasteiger partial charge in [0.05, 0.1) is 35.7 Å². The number of methoxy groups -OCH3 is 1. The Morgan fingerprint density at radius 2 is 2.12 bits per heavy atom. The SMILES string of the molecule is COc1c([C@H]2CCCN2C(=O)c2ccc(C#N)c(C)n2)c(C)nn1C. The van der Waals surface area contributed by atoms with Gasteiger partial charge < -0.3 is 9.64 Å². The molecule has 1 atom stereocenters. The van der Waals surface area contributed by atoms with E-state index in [-0.39, 0.29) is 11.9 Å². The highest BCUT2D eigenvalue weighted by atomic mass is 16.5. The molecule has 1 aliphatic rings. The molecular weight excluding hydrogens is 318 g/mol. The lowest BCUT2D eigenvalue weighted by molar-refractivity contribution is 0.0727. The Morgan fingerprint density at radius 3 is 2.76 bits per heavy atom. The first-order valence-electron chi connectivity index (χ1n) is 8.24. The van der Waals surface area contributed by atoms with E-state index in [2.05, 4.69) is 16.2 Å². The molecular formula is C18H21N5O2. The second-order valence-electron chi connectivity index (χ2n) is 6.23. The Kier molecular flexibility index (Phi) is 4.45. The second-order valence-corrected chi connectivity index (χ2v) is 6.23. The van der Waals surface area contributed by atoms with Crippen LogP contribution in [0.15, 0.2) is 12.1 Å². The molecule has 0 bridgehead atoms. The number of carbonyl (C=O) groups is 1. The van der Waals surface area contributed by atoms with E-state index >= 15 is 0 Å². The molecule has 0 aromatic carbocycles. The summed E-state index contributed by atoms with van der Waals surface area (Å²) in [6, 6.07) is 5.27. The fourth-order valence-corrected chi connectivity index (χ4v) is 3.53. The van der Waals surface area contributed by atoms with Gasteiger partial charge in [0.15, 0.2) is 0 Å². The van der Waals surface area contributed by atoms with Crippen molar-refractivity contribution in [3.05, 3.63) is 40.3 Å². The molecule has 1 saturated heterocycles. The monoisotopic (exact) mass is 339 g/mol. The van der Waals surface area contributed by atoms with Crippen molar-refractivity contribution in [3.63, 3.8) is 0 Å². The summed E-state index contributed by atoms with van der Waals surface area (Å²) in [5.74, 6) is 0.562. The van der Waals surface area contributed by atoms with Crippen LogP contribution in [0.1, 0.15) is 51.9 Å². The Morgan fingerprint density at radius 1 is 1.36 bits per heavy atom. The number of rotatable bonds is 3. The van der Waals surface area contributed by atoms with E-state index in [1.165, 1.54) is 0 Å². The molecule has 0 N–H and O–H groups in total. The van der Waals surface area contributed by atoms with Crippen LogP contribution in [0.3, 0.4) is 0 Å². The number of aromatic nitrogens is 3. The average molecular weight is 339 g/mol. The standard InChI is InChI=1S/C18H21N5O2/c1-11-13(10-19)7-8-14(20-11)17(24)23-9-5-6-15(23)16-12(2)21-22(3)18(16)25-4/h7-8,15H,5-6,9H2,1-4H3/t15-/m1/s1. The van der Waals surface area contributed by atoms with E-state index < -0.39 is 0 Å². The zero-order valence-corrected chi connectivity index (χ0v) is 14.9. The van der Waals surface area contributed by atoms with Gasteiger partial charge in [0.25, 0.3) is 5.91 Å². The number of nitrogens with zero attached hydrogens (tertiary/aromatic N) is 5. The molecule has 3 rings (SSSR count). The quantitative estimate of drug-likeness (QED) is 0.856. The number of aryl methyl sites for hydroxylation is 3. The lowest BCUT2D eigenvalue weighted by atomic mass is 10.0. The van der Waals surface area contributed by atoms with Gasteiger partial charge in [0, 0.05) is 13.6 Å². The van der Waals surface area contributed by atoms with Crippen LogP contribution in [-0.4, -0.2) is 39.2 Å². The van der Waals surface area contributed by atoms with Gasteiger partial charge >= 0.3 is 0 Å². The number of hydrogen-bond acceptors (Lipinski definition) is 5. The number of pyridine rings is 1. The van der Waals surface area contributed by atoms with Crippen molar-refractivity contribution in [1.29, 1.82) is 5.26 Å². The summed E-state index contributed by atoms with van der Waals surface area (Å²) in [6.45, 7) is 4.34. The third-order valence-corrected chi connectivity index (χ3v) is 4.68. The maximum Gasteiger partial charge on any atom is 0.272 e. The molecule has 0 spiro atoms. The highest BCUT2D eigenvalue weighted by Gasteiger charge is 2.35. The Bertz CT molecular complexity index is 865. The smallest absolute Gasteiger partial charge is 0.272 e. The van der Waals surface area contributed by atoms with Gasteiger partial charge in [-0.15, -0.1) is 0 Å². The summed E-state index contributed by atoms with van der Waals surface area (Å²) in [5, 5.41) is 13.5. The van der Waals surface area contributed by atoms with Gasteiger partial charge in [-0.25, -0.2) is 9.67 Å². The van der Waals surface area contributed by atoms with Crippen LogP contribution in [0.2, 0.25) is 0 Å². The van der Waals surface area contributed by atoms with Crippen molar-refractivity contribution in [2.45, 2.75) is 32.7 Å². The van der Waals surface area contributed by atoms with Crippen LogP contribution in [0, 0.1) is 25.2 Å². The van der Waals surface area contributed by atoms with Crippen molar-refractivity contribution in [1.82, 2.24) is 19.7 Å². The lowest BCUT2D eigenvalue weighted by Gasteiger charge is -2.25. The van der Waals surface area contributed by atoms with Crippen molar-refractivity contribution >= 4 is 5.91 Å². The highest BCUT2D eigenvalue weighted by molar-refractivity contribution is 5.93. The van der Waals surface area contributed by atoms with E-state index in [0.29, 0.717) is 29.4 Å². The van der Waals surface area contributed by atoms with Crippen LogP contribution in [0.4, 0.5) is 0 Å². The first-order chi connectivity index (χ1) is 12.0. The summed E-state index contributed by atoms with van der Waals surface area (Å²) in [7, 11) is 3.45. The normalized spacial score (nSPS) is 16.8. The number of amides is 1. The maximum atomic E-state index is 13.0. The van der Waals surface area contributed by atoms with Crippen LogP contribution < -0.4 is 4.74 Å². The van der Waals surface area contributed by atoms with E-state index in [4.69, 9.17) is 10.00 Å².